The number of ether oxygens (including phenoxy) is 2. The Labute approximate surface area is 520 Å². The molecule has 0 saturated carbocycles. The van der Waals surface area contributed by atoms with Crippen molar-refractivity contribution in [1.29, 1.82) is 0 Å². The van der Waals surface area contributed by atoms with E-state index in [1.807, 2.05) is 21.1 Å². The summed E-state index contributed by atoms with van der Waals surface area (Å²) in [5.74, 6) is -0.822. The fourth-order valence-corrected chi connectivity index (χ4v) is 10.7. The van der Waals surface area contributed by atoms with Crippen LogP contribution < -0.4 is 4.89 Å². The summed E-state index contributed by atoms with van der Waals surface area (Å²) in [6.45, 7) is 4.17. The maximum atomic E-state index is 12.9. The molecule has 0 fully saturated rings. The van der Waals surface area contributed by atoms with Gasteiger partial charge in [0, 0.05) is 12.8 Å². The maximum absolute atomic E-state index is 12.9. The Morgan fingerprint density at radius 3 is 1.02 bits per heavy atom. The van der Waals surface area contributed by atoms with Gasteiger partial charge in [0.15, 0.2) is 6.10 Å². The van der Waals surface area contributed by atoms with Crippen LogP contribution in [0.1, 0.15) is 322 Å². The zero-order valence-corrected chi connectivity index (χ0v) is 56.5. The lowest BCUT2D eigenvalue weighted by atomic mass is 10.0. The predicted molar refractivity (Wildman–Crippen MR) is 360 cm³/mol. The molecular weight excluding hydrogens is 1060 g/mol. The largest absolute Gasteiger partial charge is 0.756 e. The minimum Gasteiger partial charge on any atom is -0.756 e. The number of rotatable bonds is 65. The molecule has 2 atom stereocenters. The van der Waals surface area contributed by atoms with Gasteiger partial charge in [0.05, 0.1) is 27.7 Å². The van der Waals surface area contributed by atoms with Crippen LogP contribution in [0.3, 0.4) is 0 Å². The smallest absolute Gasteiger partial charge is 0.306 e. The second-order valence-electron chi connectivity index (χ2n) is 24.9. The molecule has 84 heavy (non-hydrogen) atoms. The van der Waals surface area contributed by atoms with E-state index >= 15 is 0 Å². The van der Waals surface area contributed by atoms with Gasteiger partial charge in [0.2, 0.25) is 0 Å². The summed E-state index contributed by atoms with van der Waals surface area (Å²) in [6, 6.07) is 0. The minimum atomic E-state index is -4.64. The average Bonchev–Trinajstić information content (AvgIpc) is 3.61. The molecule has 9 nitrogen and oxygen atoms in total. The lowest BCUT2D eigenvalue weighted by molar-refractivity contribution is -0.870. The van der Waals surface area contributed by atoms with Crippen molar-refractivity contribution >= 4 is 19.8 Å². The number of nitrogens with zero attached hydrogens (tertiary/aromatic N) is 1. The third-order valence-electron chi connectivity index (χ3n) is 15.4. The third-order valence-corrected chi connectivity index (χ3v) is 16.4. The van der Waals surface area contributed by atoms with Crippen molar-refractivity contribution in [2.45, 2.75) is 328 Å². The van der Waals surface area contributed by atoms with Crippen LogP contribution in [0.5, 0.6) is 0 Å². The number of phosphoric acid groups is 1. The van der Waals surface area contributed by atoms with E-state index < -0.39 is 26.5 Å². The highest BCUT2D eigenvalue weighted by Gasteiger charge is 2.22. The standard InChI is InChI=1S/C74H134NO8P/c1-6-8-10-12-14-16-18-20-22-24-26-28-30-31-32-33-34-35-36-37-38-39-40-41-42-43-45-47-49-51-53-55-57-59-61-63-65-67-74(77)83-72(71-82-84(78,79)81-69-68-75(3,4)5)70-80-73(76)66-64-62-60-58-56-54-52-50-48-46-44-29-27-25-23-21-19-17-15-13-11-9-7-2/h8,10,14,16,20,22,25-28,31-32,34-35,72H,6-7,9,11-13,15,17-19,21,23-24,29-30,33,36-71H2,1-5H3/b10-8-,16-14-,22-20-,27-25-,28-26-,32-31-,35-34-. The highest BCUT2D eigenvalue weighted by atomic mass is 31.2. The molecule has 0 aliphatic rings. The molecular formula is C74H134NO8P. The Hall–Kier alpha value is -2.81. The van der Waals surface area contributed by atoms with E-state index in [1.165, 1.54) is 212 Å². The van der Waals surface area contributed by atoms with Crippen LogP contribution in [0, 0.1) is 0 Å². The molecule has 488 valence electrons. The van der Waals surface area contributed by atoms with Crippen LogP contribution in [0.4, 0.5) is 0 Å². The van der Waals surface area contributed by atoms with E-state index in [1.54, 1.807) is 0 Å². The number of carbonyl (C=O) groups is 2. The van der Waals surface area contributed by atoms with E-state index in [-0.39, 0.29) is 32.0 Å². The number of hydrogen-bond acceptors (Lipinski definition) is 8. The molecule has 0 aromatic rings. The molecule has 0 N–H and O–H groups in total. The van der Waals surface area contributed by atoms with Crippen LogP contribution in [-0.2, 0) is 32.7 Å². The van der Waals surface area contributed by atoms with Crippen molar-refractivity contribution in [3.05, 3.63) is 85.1 Å². The van der Waals surface area contributed by atoms with E-state index in [2.05, 4.69) is 98.9 Å². The molecule has 0 saturated heterocycles. The van der Waals surface area contributed by atoms with Gasteiger partial charge in [-0.05, 0) is 89.9 Å². The molecule has 0 aromatic heterocycles. The Balaban J connectivity index is 4.00. The SMILES string of the molecule is CC/C=C\C/C=C\C/C=C\C/C=C\C/C=C\C/C=C\CCCCCCCCCCCCCCCCCCCCC(=O)OC(COC(=O)CCCCCCCCCCCCC/C=C\CCCCCCCCCC)COP(=O)([O-])OCC[N+](C)(C)C. The maximum Gasteiger partial charge on any atom is 0.306 e. The van der Waals surface area contributed by atoms with Gasteiger partial charge in [-0.2, -0.15) is 0 Å². The monoisotopic (exact) mass is 1200 g/mol. The summed E-state index contributed by atoms with van der Waals surface area (Å²) in [4.78, 5) is 38.1. The van der Waals surface area contributed by atoms with Crippen LogP contribution in [0.15, 0.2) is 85.1 Å². The van der Waals surface area contributed by atoms with E-state index in [9.17, 15) is 19.0 Å². The molecule has 0 aromatic carbocycles. The van der Waals surface area contributed by atoms with Gasteiger partial charge in [-0.1, -0.05) is 304 Å². The van der Waals surface area contributed by atoms with Crippen LogP contribution in [0.2, 0.25) is 0 Å². The van der Waals surface area contributed by atoms with Gasteiger partial charge < -0.3 is 27.9 Å². The average molecular weight is 1200 g/mol. The first kappa shape index (κ1) is 81.2. The Morgan fingerprint density at radius 2 is 0.679 bits per heavy atom. The minimum absolute atomic E-state index is 0.0312. The Morgan fingerprint density at radius 1 is 0.381 bits per heavy atom. The fraction of sp³-hybridized carbons (Fsp3) is 0.784. The first-order valence-corrected chi connectivity index (χ1v) is 36.8. The van der Waals surface area contributed by atoms with Crippen molar-refractivity contribution < 1.29 is 42.1 Å². The molecule has 0 amide bonds. The van der Waals surface area contributed by atoms with Crippen molar-refractivity contribution in [3.8, 4) is 0 Å². The molecule has 10 heteroatoms. The molecule has 0 rings (SSSR count). The van der Waals surface area contributed by atoms with Crippen molar-refractivity contribution in [2.75, 3.05) is 47.5 Å². The van der Waals surface area contributed by atoms with Gasteiger partial charge >= 0.3 is 11.9 Å². The van der Waals surface area contributed by atoms with Gasteiger partial charge in [-0.3, -0.25) is 14.2 Å². The number of unbranched alkanes of at least 4 members (excludes halogenated alkanes) is 37. The quantitative estimate of drug-likeness (QED) is 0.0195. The third kappa shape index (κ3) is 68.3. The second kappa shape index (κ2) is 64.7. The number of carbonyl (C=O) groups excluding carboxylic acids is 2. The zero-order valence-electron chi connectivity index (χ0n) is 55.6. The molecule has 0 aliphatic carbocycles. The first-order chi connectivity index (χ1) is 41.0. The van der Waals surface area contributed by atoms with E-state index in [0.29, 0.717) is 17.4 Å². The van der Waals surface area contributed by atoms with E-state index in [4.69, 9.17) is 18.5 Å². The van der Waals surface area contributed by atoms with Crippen LogP contribution in [0.25, 0.3) is 0 Å². The lowest BCUT2D eigenvalue weighted by Gasteiger charge is -2.28. The first-order valence-electron chi connectivity index (χ1n) is 35.3. The van der Waals surface area contributed by atoms with Gasteiger partial charge in [-0.15, -0.1) is 0 Å². The highest BCUT2D eigenvalue weighted by molar-refractivity contribution is 7.45. The Kier molecular flexibility index (Phi) is 62.5. The molecule has 0 radical (unpaired) electrons. The van der Waals surface area contributed by atoms with Crippen molar-refractivity contribution in [3.63, 3.8) is 0 Å². The molecule has 2 unspecified atom stereocenters. The van der Waals surface area contributed by atoms with Gasteiger partial charge in [-0.25, -0.2) is 0 Å². The Bertz CT molecular complexity index is 1690. The number of esters is 2. The normalized spacial score (nSPS) is 13.6. The summed E-state index contributed by atoms with van der Waals surface area (Å²) >= 11 is 0. The van der Waals surface area contributed by atoms with Crippen LogP contribution in [-0.4, -0.2) is 70.0 Å². The van der Waals surface area contributed by atoms with Crippen molar-refractivity contribution in [2.24, 2.45) is 0 Å². The zero-order chi connectivity index (χ0) is 61.2. The summed E-state index contributed by atoms with van der Waals surface area (Å²) < 4.78 is 34.3. The highest BCUT2D eigenvalue weighted by Crippen LogP contribution is 2.38. The number of phosphoric ester groups is 1. The summed E-state index contributed by atoms with van der Waals surface area (Å²) in [5.41, 5.74) is 0. The van der Waals surface area contributed by atoms with E-state index in [0.717, 1.165) is 77.0 Å². The van der Waals surface area contributed by atoms with Crippen LogP contribution >= 0.6 is 7.82 Å². The number of allylic oxidation sites excluding steroid dienone is 14. The summed E-state index contributed by atoms with van der Waals surface area (Å²) in [7, 11) is 1.17. The number of quaternary nitrogens is 1. The lowest BCUT2D eigenvalue weighted by Crippen LogP contribution is -2.37. The van der Waals surface area contributed by atoms with Gasteiger partial charge in [0.25, 0.3) is 7.82 Å². The summed E-state index contributed by atoms with van der Waals surface area (Å²) in [6.07, 6.45) is 88.1. The summed E-state index contributed by atoms with van der Waals surface area (Å²) in [5, 5.41) is 0. The molecule has 0 aliphatic heterocycles. The molecule has 0 spiro atoms. The number of hydrogen-bond donors (Lipinski definition) is 0. The fourth-order valence-electron chi connectivity index (χ4n) is 10.0. The topological polar surface area (TPSA) is 111 Å². The number of likely N-dealkylation sites (N-methyl/N-ethyl adjacent to an activating group) is 1. The molecule has 0 bridgehead atoms. The van der Waals surface area contributed by atoms with Gasteiger partial charge in [0.1, 0.15) is 19.8 Å². The predicted octanol–water partition coefficient (Wildman–Crippen LogP) is 22.3. The van der Waals surface area contributed by atoms with Crippen molar-refractivity contribution in [1.82, 2.24) is 0 Å². The second-order valence-corrected chi connectivity index (χ2v) is 26.3. The molecule has 0 heterocycles.